The molecule has 0 aliphatic carbocycles. The number of fused-ring (bicyclic) bond motifs is 1. The number of rotatable bonds is 3. The molecular weight excluding hydrogens is 324 g/mol. The van der Waals surface area contributed by atoms with Crippen LogP contribution in [-0.4, -0.2) is 14.8 Å². The Balaban J connectivity index is 1.80. The monoisotopic (exact) mass is 336 g/mol. The second-order valence-corrected chi connectivity index (χ2v) is 6.34. The van der Waals surface area contributed by atoms with Crippen molar-refractivity contribution in [3.8, 4) is 0 Å². The fourth-order valence-corrected chi connectivity index (χ4v) is 3.38. The van der Waals surface area contributed by atoms with Crippen molar-refractivity contribution in [2.45, 2.75) is 13.5 Å². The number of hydrogen-bond acceptors (Lipinski definition) is 4. The second-order valence-electron chi connectivity index (χ2n) is 4.40. The van der Waals surface area contributed by atoms with E-state index in [2.05, 4.69) is 37.4 Å². The highest BCUT2D eigenvalue weighted by Crippen LogP contribution is 2.28. The zero-order chi connectivity index (χ0) is 13.4. The molecule has 0 aliphatic heterocycles. The average Bonchev–Trinajstić information content (AvgIpc) is 2.89. The third kappa shape index (κ3) is 2.64. The molecule has 19 heavy (non-hydrogen) atoms. The summed E-state index contributed by atoms with van der Waals surface area (Å²) in [6, 6.07) is 6.13. The number of anilines is 1. The van der Waals surface area contributed by atoms with E-state index in [1.54, 1.807) is 11.3 Å². The third-order valence-electron chi connectivity index (χ3n) is 2.90. The smallest absolute Gasteiger partial charge is 0.184 e. The maximum atomic E-state index is 4.56. The van der Waals surface area contributed by atoms with E-state index >= 15 is 0 Å². The first-order chi connectivity index (χ1) is 9.11. The van der Waals surface area contributed by atoms with E-state index in [4.69, 9.17) is 0 Å². The minimum atomic E-state index is 0.751. The molecule has 1 N–H and O–H groups in total. The second kappa shape index (κ2) is 4.94. The van der Waals surface area contributed by atoms with Crippen molar-refractivity contribution in [2.75, 3.05) is 5.32 Å². The molecule has 0 atom stereocenters. The molecule has 0 saturated heterocycles. The molecule has 0 radical (unpaired) electrons. The molecule has 0 aliphatic rings. The molecular formula is C13H13BrN4S. The van der Waals surface area contributed by atoms with Crippen LogP contribution in [0.4, 0.5) is 5.13 Å². The summed E-state index contributed by atoms with van der Waals surface area (Å²) in [6.07, 6.45) is 2.03. The largest absolute Gasteiger partial charge is 0.357 e. The van der Waals surface area contributed by atoms with Crippen molar-refractivity contribution in [1.29, 1.82) is 0 Å². The van der Waals surface area contributed by atoms with Gasteiger partial charge in [-0.1, -0.05) is 27.3 Å². The van der Waals surface area contributed by atoms with Crippen LogP contribution < -0.4 is 5.32 Å². The van der Waals surface area contributed by atoms with Gasteiger partial charge in [-0.15, -0.1) is 0 Å². The highest BCUT2D eigenvalue weighted by Gasteiger charge is 2.06. The van der Waals surface area contributed by atoms with Crippen molar-refractivity contribution in [1.82, 2.24) is 14.8 Å². The van der Waals surface area contributed by atoms with E-state index in [9.17, 15) is 0 Å². The van der Waals surface area contributed by atoms with Crippen LogP contribution in [0.25, 0.3) is 10.2 Å². The number of thiazole rings is 1. The first-order valence-electron chi connectivity index (χ1n) is 5.91. The van der Waals surface area contributed by atoms with E-state index in [1.807, 2.05) is 37.0 Å². The third-order valence-corrected chi connectivity index (χ3v) is 4.36. The standard InChI is InChI=1S/C13H13BrN4S/c1-8-9(7-18(2)17-8)6-15-13-16-11-4-3-10(14)5-12(11)19-13/h3-5,7H,6H2,1-2H3,(H,15,16). The van der Waals surface area contributed by atoms with Gasteiger partial charge in [-0.3, -0.25) is 4.68 Å². The molecule has 6 heteroatoms. The minimum absolute atomic E-state index is 0.751. The maximum absolute atomic E-state index is 4.56. The van der Waals surface area contributed by atoms with Gasteiger partial charge in [-0.25, -0.2) is 4.98 Å². The normalized spacial score (nSPS) is 11.1. The molecule has 0 unspecified atom stereocenters. The number of benzene rings is 1. The molecule has 0 amide bonds. The lowest BCUT2D eigenvalue weighted by atomic mass is 10.3. The van der Waals surface area contributed by atoms with Crippen molar-refractivity contribution in [2.24, 2.45) is 7.05 Å². The molecule has 98 valence electrons. The Bertz CT molecular complexity index is 731. The number of aryl methyl sites for hydroxylation is 2. The fourth-order valence-electron chi connectivity index (χ4n) is 1.97. The van der Waals surface area contributed by atoms with Gasteiger partial charge in [0.25, 0.3) is 0 Å². The van der Waals surface area contributed by atoms with E-state index in [1.165, 1.54) is 10.3 Å². The average molecular weight is 337 g/mol. The molecule has 0 saturated carbocycles. The van der Waals surface area contributed by atoms with Crippen molar-refractivity contribution in [3.63, 3.8) is 0 Å². The molecule has 0 bridgehead atoms. The molecule has 0 fully saturated rings. The van der Waals surface area contributed by atoms with Gasteiger partial charge in [0.2, 0.25) is 0 Å². The van der Waals surface area contributed by atoms with Gasteiger partial charge in [0.1, 0.15) is 0 Å². The van der Waals surface area contributed by atoms with Gasteiger partial charge >= 0.3 is 0 Å². The number of halogens is 1. The predicted molar refractivity (Wildman–Crippen MR) is 82.6 cm³/mol. The lowest BCUT2D eigenvalue weighted by Crippen LogP contribution is -1.99. The van der Waals surface area contributed by atoms with Gasteiger partial charge in [0.05, 0.1) is 15.9 Å². The summed E-state index contributed by atoms with van der Waals surface area (Å²) >= 11 is 5.14. The Morgan fingerprint density at radius 3 is 3.00 bits per heavy atom. The quantitative estimate of drug-likeness (QED) is 0.792. The van der Waals surface area contributed by atoms with Gasteiger partial charge in [-0.05, 0) is 25.1 Å². The molecule has 4 nitrogen and oxygen atoms in total. The summed E-state index contributed by atoms with van der Waals surface area (Å²) < 4.78 is 4.10. The highest BCUT2D eigenvalue weighted by molar-refractivity contribution is 9.10. The summed E-state index contributed by atoms with van der Waals surface area (Å²) in [5, 5.41) is 8.64. The van der Waals surface area contributed by atoms with E-state index in [0.29, 0.717) is 0 Å². The van der Waals surface area contributed by atoms with Crippen LogP contribution >= 0.6 is 27.3 Å². The summed E-state index contributed by atoms with van der Waals surface area (Å²) in [7, 11) is 1.94. The van der Waals surface area contributed by atoms with Gasteiger partial charge in [-0.2, -0.15) is 5.10 Å². The molecule has 3 aromatic rings. The summed E-state index contributed by atoms with van der Waals surface area (Å²) in [4.78, 5) is 4.56. The Labute approximate surface area is 123 Å². The molecule has 0 spiro atoms. The van der Waals surface area contributed by atoms with Crippen LogP contribution in [0.5, 0.6) is 0 Å². The van der Waals surface area contributed by atoms with Gasteiger partial charge in [0, 0.05) is 29.8 Å². The summed E-state index contributed by atoms with van der Waals surface area (Å²) in [5.74, 6) is 0. The van der Waals surface area contributed by atoms with E-state index in [-0.39, 0.29) is 0 Å². The number of nitrogens with one attached hydrogen (secondary N) is 1. The summed E-state index contributed by atoms with van der Waals surface area (Å²) in [6.45, 7) is 2.77. The Morgan fingerprint density at radius 1 is 1.42 bits per heavy atom. The van der Waals surface area contributed by atoms with Gasteiger partial charge in [0.15, 0.2) is 5.13 Å². The Morgan fingerprint density at radius 2 is 2.26 bits per heavy atom. The first kappa shape index (κ1) is 12.6. The zero-order valence-corrected chi connectivity index (χ0v) is 13.0. The fraction of sp³-hybridized carbons (Fsp3) is 0.231. The van der Waals surface area contributed by atoms with Crippen molar-refractivity contribution >= 4 is 42.6 Å². The predicted octanol–water partition coefficient (Wildman–Crippen LogP) is 3.71. The lowest BCUT2D eigenvalue weighted by Gasteiger charge is -1.99. The zero-order valence-electron chi connectivity index (χ0n) is 10.6. The number of aromatic nitrogens is 3. The van der Waals surface area contributed by atoms with Crippen LogP contribution in [0.1, 0.15) is 11.3 Å². The van der Waals surface area contributed by atoms with E-state index < -0.39 is 0 Å². The maximum Gasteiger partial charge on any atom is 0.184 e. The van der Waals surface area contributed by atoms with Crippen molar-refractivity contribution in [3.05, 3.63) is 40.1 Å². The lowest BCUT2D eigenvalue weighted by molar-refractivity contribution is 0.756. The SMILES string of the molecule is Cc1nn(C)cc1CNc1nc2ccc(Br)cc2s1. The minimum Gasteiger partial charge on any atom is -0.357 e. The summed E-state index contributed by atoms with van der Waals surface area (Å²) in [5.41, 5.74) is 3.28. The van der Waals surface area contributed by atoms with Crippen molar-refractivity contribution < 1.29 is 0 Å². The topological polar surface area (TPSA) is 42.7 Å². The molecule has 2 aromatic heterocycles. The van der Waals surface area contributed by atoms with Crippen LogP contribution in [0.2, 0.25) is 0 Å². The number of hydrogen-bond donors (Lipinski definition) is 1. The Hall–Kier alpha value is -1.40. The molecule has 2 heterocycles. The van der Waals surface area contributed by atoms with Gasteiger partial charge < -0.3 is 5.32 Å². The van der Waals surface area contributed by atoms with Crippen LogP contribution in [0, 0.1) is 6.92 Å². The molecule has 3 rings (SSSR count). The number of nitrogens with zero attached hydrogens (tertiary/aromatic N) is 3. The first-order valence-corrected chi connectivity index (χ1v) is 7.52. The van der Waals surface area contributed by atoms with Crippen LogP contribution in [0.15, 0.2) is 28.9 Å². The molecule has 1 aromatic carbocycles. The van der Waals surface area contributed by atoms with E-state index in [0.717, 1.165) is 27.4 Å². The highest BCUT2D eigenvalue weighted by atomic mass is 79.9. The Kier molecular flexibility index (Phi) is 3.28. The van der Waals surface area contributed by atoms with Crippen LogP contribution in [-0.2, 0) is 13.6 Å². The van der Waals surface area contributed by atoms with Crippen LogP contribution in [0.3, 0.4) is 0 Å².